The molecule has 1 amide bonds. The summed E-state index contributed by atoms with van der Waals surface area (Å²) in [7, 11) is 0. The fourth-order valence-corrected chi connectivity index (χ4v) is 5.51. The minimum atomic E-state index is 0.0161. The van der Waals surface area contributed by atoms with Gasteiger partial charge < -0.3 is 14.9 Å². The van der Waals surface area contributed by atoms with Gasteiger partial charge in [-0.25, -0.2) is 4.52 Å². The highest BCUT2D eigenvalue weighted by Crippen LogP contribution is 2.33. The monoisotopic (exact) mass is 522 g/mol. The van der Waals surface area contributed by atoms with E-state index in [9.17, 15) is 15.2 Å². The lowest BCUT2D eigenvalue weighted by molar-refractivity contribution is -0.133. The first-order chi connectivity index (χ1) is 19.1. The van der Waals surface area contributed by atoms with Crippen molar-refractivity contribution < 1.29 is 9.90 Å². The Morgan fingerprint density at radius 2 is 1.82 bits per heavy atom. The smallest absolute Gasteiger partial charge is 0.246 e. The Morgan fingerprint density at radius 3 is 2.51 bits per heavy atom. The van der Waals surface area contributed by atoms with E-state index in [1.54, 1.807) is 21.6 Å². The predicted molar refractivity (Wildman–Crippen MR) is 148 cm³/mol. The number of amides is 1. The molecule has 2 aliphatic heterocycles. The number of aliphatic hydroxyl groups excluding tert-OH is 1. The fraction of sp³-hybridized carbons (Fsp3) is 0.310. The van der Waals surface area contributed by atoms with E-state index in [0.29, 0.717) is 18.2 Å². The zero-order chi connectivity index (χ0) is 26.9. The molecule has 10 nitrogen and oxygen atoms in total. The molecular weight excluding hydrogens is 492 g/mol. The minimum Gasteiger partial charge on any atom is -0.394 e. The third-order valence-corrected chi connectivity index (χ3v) is 7.75. The number of aliphatic hydroxyl groups is 1. The molecule has 0 radical (unpaired) electrons. The molecule has 10 heteroatoms. The molecule has 0 aliphatic carbocycles. The number of anilines is 1. The lowest BCUT2D eigenvalue weighted by Gasteiger charge is -2.48. The summed E-state index contributed by atoms with van der Waals surface area (Å²) in [5.41, 5.74) is 6.24. The number of fused-ring (bicyclic) bond motifs is 1. The van der Waals surface area contributed by atoms with E-state index in [2.05, 4.69) is 63.0 Å². The Balaban J connectivity index is 1.21. The number of likely N-dealkylation sites (tertiary alicyclic amines) is 1. The van der Waals surface area contributed by atoms with Crippen LogP contribution in [0.15, 0.2) is 67.8 Å². The molecule has 0 saturated carbocycles. The zero-order valence-electron chi connectivity index (χ0n) is 21.6. The van der Waals surface area contributed by atoms with Crippen molar-refractivity contribution >= 4 is 17.1 Å². The van der Waals surface area contributed by atoms with Crippen molar-refractivity contribution in [3.8, 4) is 28.3 Å². The lowest BCUT2D eigenvalue weighted by atomic mass is 9.99. The maximum Gasteiger partial charge on any atom is 0.246 e. The summed E-state index contributed by atoms with van der Waals surface area (Å²) in [5.74, 6) is 0.0161. The van der Waals surface area contributed by atoms with Crippen molar-refractivity contribution in [1.29, 1.82) is 5.26 Å². The first-order valence-corrected chi connectivity index (χ1v) is 13.1. The SMILES string of the molecule is C=CC(=O)N1CC(N2CCN(c3ccc(-c4cc(-c5cnn(CCO)c5)cn5ncc(C#N)c45)cc3)CC2)C1. The molecule has 1 N–H and O–H groups in total. The van der Waals surface area contributed by atoms with E-state index >= 15 is 0 Å². The number of carbonyl (C=O) groups excluding carboxylic acids is 1. The molecule has 3 aromatic heterocycles. The molecular formula is C29H30N8O2. The molecule has 39 heavy (non-hydrogen) atoms. The Morgan fingerprint density at radius 1 is 1.05 bits per heavy atom. The van der Waals surface area contributed by atoms with E-state index in [1.807, 2.05) is 17.3 Å². The molecule has 6 rings (SSSR count). The summed E-state index contributed by atoms with van der Waals surface area (Å²) in [5, 5.41) is 27.7. The molecule has 2 aliphatic rings. The van der Waals surface area contributed by atoms with Crippen LogP contribution in [0.1, 0.15) is 5.56 Å². The summed E-state index contributed by atoms with van der Waals surface area (Å²) in [6, 6.07) is 13.3. The second-order valence-corrected chi connectivity index (χ2v) is 9.99. The molecule has 0 atom stereocenters. The zero-order valence-corrected chi connectivity index (χ0v) is 21.6. The highest BCUT2D eigenvalue weighted by atomic mass is 16.3. The molecule has 0 unspecified atom stereocenters. The van der Waals surface area contributed by atoms with Crippen LogP contribution in [-0.2, 0) is 11.3 Å². The van der Waals surface area contributed by atoms with Gasteiger partial charge in [0.25, 0.3) is 0 Å². The van der Waals surface area contributed by atoms with E-state index in [4.69, 9.17) is 0 Å². The number of benzene rings is 1. The molecule has 4 aromatic rings. The number of pyridine rings is 1. The van der Waals surface area contributed by atoms with E-state index < -0.39 is 0 Å². The standard InChI is InChI=1S/C29H30N8O2/c1-2-28(39)35-19-26(20-35)34-9-7-33(8-10-34)25-5-3-21(4-6-25)27-13-22(24-16-31-36(17-24)11-12-38)18-37-29(27)23(14-30)15-32-37/h2-6,13,15-18,26,38H,1,7-12,19-20H2. The molecule has 2 fully saturated rings. The summed E-state index contributed by atoms with van der Waals surface area (Å²) >= 11 is 0. The van der Waals surface area contributed by atoms with Crippen molar-refractivity contribution in [2.45, 2.75) is 12.6 Å². The first kappa shape index (κ1) is 24.9. The van der Waals surface area contributed by atoms with Gasteiger partial charge in [-0.05, 0) is 29.8 Å². The van der Waals surface area contributed by atoms with Crippen LogP contribution in [0.3, 0.4) is 0 Å². The van der Waals surface area contributed by atoms with Crippen LogP contribution in [0.2, 0.25) is 0 Å². The maximum absolute atomic E-state index is 11.7. The fourth-order valence-electron chi connectivity index (χ4n) is 5.51. The Hall–Kier alpha value is -4.46. The Kier molecular flexibility index (Phi) is 6.60. The lowest BCUT2D eigenvalue weighted by Crippen LogP contribution is -2.64. The number of hydrogen-bond donors (Lipinski definition) is 1. The normalized spacial score (nSPS) is 16.3. The molecule has 198 valence electrons. The molecule has 5 heterocycles. The highest BCUT2D eigenvalue weighted by molar-refractivity contribution is 5.88. The van der Waals surface area contributed by atoms with Gasteiger partial charge in [0.1, 0.15) is 6.07 Å². The number of piperazine rings is 1. The maximum atomic E-state index is 11.7. The van der Waals surface area contributed by atoms with Crippen LogP contribution < -0.4 is 4.90 Å². The Labute approximate surface area is 226 Å². The average molecular weight is 523 g/mol. The van der Waals surface area contributed by atoms with Crippen molar-refractivity contribution in [3.63, 3.8) is 0 Å². The molecule has 1 aromatic carbocycles. The molecule has 0 spiro atoms. The quantitative estimate of drug-likeness (QED) is 0.371. The predicted octanol–water partition coefficient (Wildman–Crippen LogP) is 2.25. The second-order valence-electron chi connectivity index (χ2n) is 9.99. The minimum absolute atomic E-state index is 0.0161. The van der Waals surface area contributed by atoms with Gasteiger partial charge in [-0.3, -0.25) is 14.4 Å². The number of aromatic nitrogens is 4. The summed E-state index contributed by atoms with van der Waals surface area (Å²) in [6.07, 6.45) is 8.57. The topological polar surface area (TPSA) is 106 Å². The number of nitriles is 1. The first-order valence-electron chi connectivity index (χ1n) is 13.1. The van der Waals surface area contributed by atoms with Gasteiger partial charge in [-0.2, -0.15) is 15.5 Å². The van der Waals surface area contributed by atoms with Gasteiger partial charge in [0.2, 0.25) is 5.91 Å². The van der Waals surface area contributed by atoms with E-state index in [1.165, 1.54) is 11.8 Å². The summed E-state index contributed by atoms with van der Waals surface area (Å²) in [4.78, 5) is 18.5. The van der Waals surface area contributed by atoms with E-state index in [-0.39, 0.29) is 12.5 Å². The van der Waals surface area contributed by atoms with Gasteiger partial charge in [0.05, 0.1) is 36.6 Å². The van der Waals surface area contributed by atoms with Gasteiger partial charge >= 0.3 is 0 Å². The largest absolute Gasteiger partial charge is 0.394 e. The summed E-state index contributed by atoms with van der Waals surface area (Å²) in [6.45, 7) is 9.41. The van der Waals surface area contributed by atoms with Crippen LogP contribution in [-0.4, -0.2) is 92.1 Å². The number of nitrogens with zero attached hydrogens (tertiary/aromatic N) is 8. The van der Waals surface area contributed by atoms with Gasteiger partial charge in [-0.1, -0.05) is 18.7 Å². The van der Waals surface area contributed by atoms with E-state index in [0.717, 1.165) is 67.0 Å². The van der Waals surface area contributed by atoms with Crippen molar-refractivity contribution in [2.75, 3.05) is 50.8 Å². The molecule has 0 bridgehead atoms. The van der Waals surface area contributed by atoms with Crippen LogP contribution in [0, 0.1) is 11.3 Å². The third-order valence-electron chi connectivity index (χ3n) is 7.75. The van der Waals surface area contributed by atoms with Crippen molar-refractivity contribution in [2.24, 2.45) is 0 Å². The van der Waals surface area contributed by atoms with Gasteiger partial charge in [-0.15, -0.1) is 0 Å². The Bertz CT molecular complexity index is 1550. The average Bonchev–Trinajstić information content (AvgIpc) is 3.59. The number of hydrogen-bond acceptors (Lipinski definition) is 7. The summed E-state index contributed by atoms with van der Waals surface area (Å²) < 4.78 is 3.46. The van der Waals surface area contributed by atoms with Crippen LogP contribution in [0.25, 0.3) is 27.8 Å². The van der Waals surface area contributed by atoms with Crippen molar-refractivity contribution in [1.82, 2.24) is 29.2 Å². The highest BCUT2D eigenvalue weighted by Gasteiger charge is 2.35. The van der Waals surface area contributed by atoms with Crippen LogP contribution >= 0.6 is 0 Å². The van der Waals surface area contributed by atoms with Gasteiger partial charge in [0, 0.05) is 80.1 Å². The second kappa shape index (κ2) is 10.4. The third kappa shape index (κ3) is 4.67. The molecule has 2 saturated heterocycles. The number of rotatable bonds is 7. The van der Waals surface area contributed by atoms with Crippen molar-refractivity contribution in [3.05, 3.63) is 73.3 Å². The number of carbonyl (C=O) groups is 1. The van der Waals surface area contributed by atoms with Crippen LogP contribution in [0.4, 0.5) is 5.69 Å². The van der Waals surface area contributed by atoms with Crippen LogP contribution in [0.5, 0.6) is 0 Å². The van der Waals surface area contributed by atoms with Gasteiger partial charge in [0.15, 0.2) is 0 Å².